The number of anilines is 1. The van der Waals surface area contributed by atoms with Crippen LogP contribution in [0.1, 0.15) is 42.9 Å². The number of aromatic nitrogens is 4. The first kappa shape index (κ1) is 27.8. The number of benzene rings is 3. The van der Waals surface area contributed by atoms with E-state index in [-0.39, 0.29) is 30.8 Å². The highest BCUT2D eigenvalue weighted by molar-refractivity contribution is 7.99. The zero-order valence-electron chi connectivity index (χ0n) is 22.3. The van der Waals surface area contributed by atoms with Crippen LogP contribution >= 0.6 is 11.8 Å². The molecule has 4 atom stereocenters. The quantitative estimate of drug-likeness (QED) is 0.248. The molecule has 2 heterocycles. The number of ether oxygens (including phenoxy) is 2. The second-order valence-corrected chi connectivity index (χ2v) is 10.4. The summed E-state index contributed by atoms with van der Waals surface area (Å²) in [5.41, 5.74) is 4.26. The predicted octanol–water partition coefficient (Wildman–Crippen LogP) is 4.88. The minimum Gasteiger partial charge on any atom is -0.392 e. The van der Waals surface area contributed by atoms with Gasteiger partial charge in [0.15, 0.2) is 6.29 Å². The highest BCUT2D eigenvalue weighted by atomic mass is 32.2. The second kappa shape index (κ2) is 13.1. The van der Waals surface area contributed by atoms with Crippen molar-refractivity contribution in [3.63, 3.8) is 0 Å². The Kier molecular flexibility index (Phi) is 9.07. The average Bonchev–Trinajstić information content (AvgIpc) is 3.46. The van der Waals surface area contributed by atoms with Crippen molar-refractivity contribution in [2.24, 2.45) is 5.92 Å². The Bertz CT molecular complexity index is 1380. The van der Waals surface area contributed by atoms with Crippen LogP contribution in [-0.4, -0.2) is 49.7 Å². The second-order valence-electron chi connectivity index (χ2n) is 9.45. The Morgan fingerprint density at radius 3 is 2.42 bits per heavy atom. The van der Waals surface area contributed by atoms with Crippen molar-refractivity contribution >= 4 is 23.5 Å². The van der Waals surface area contributed by atoms with Crippen LogP contribution in [0.15, 0.2) is 84.0 Å². The van der Waals surface area contributed by atoms with Gasteiger partial charge in [0, 0.05) is 29.5 Å². The van der Waals surface area contributed by atoms with Gasteiger partial charge in [-0.1, -0.05) is 73.3 Å². The lowest BCUT2D eigenvalue weighted by Crippen LogP contribution is -2.38. The molecule has 5 rings (SSSR count). The molecule has 11 heteroatoms. The minimum atomic E-state index is -0.618. The third-order valence-electron chi connectivity index (χ3n) is 6.72. The number of carbonyl (C=O) groups excluding carboxylic acids is 1. The third-order valence-corrected chi connectivity index (χ3v) is 7.73. The van der Waals surface area contributed by atoms with E-state index in [1.807, 2.05) is 85.8 Å². The van der Waals surface area contributed by atoms with Crippen molar-refractivity contribution in [3.05, 3.63) is 95.6 Å². The number of urea groups is 1. The van der Waals surface area contributed by atoms with Gasteiger partial charge in [-0.05, 0) is 52.7 Å². The van der Waals surface area contributed by atoms with E-state index < -0.39 is 6.29 Å². The van der Waals surface area contributed by atoms with Crippen molar-refractivity contribution in [2.75, 3.05) is 17.6 Å². The lowest BCUT2D eigenvalue weighted by molar-refractivity contribution is -0.268. The SMILES string of the molecule is CCNC(=O)Nc1ccc(C2OC(CSc3nnnn3-c3ccccc3)C(C)C(c3ccc(CO)cc3)O2)cc1. The molecule has 1 aliphatic heterocycles. The third kappa shape index (κ3) is 6.50. The molecule has 10 nitrogen and oxygen atoms in total. The highest BCUT2D eigenvalue weighted by Crippen LogP contribution is 2.43. The Morgan fingerprint density at radius 1 is 1.00 bits per heavy atom. The van der Waals surface area contributed by atoms with E-state index in [2.05, 4.69) is 33.1 Å². The lowest BCUT2D eigenvalue weighted by Gasteiger charge is -2.41. The summed E-state index contributed by atoms with van der Waals surface area (Å²) in [4.78, 5) is 11.9. The number of para-hydroxylation sites is 1. The molecule has 40 heavy (non-hydrogen) atoms. The summed E-state index contributed by atoms with van der Waals surface area (Å²) in [6.07, 6.45) is -1.04. The monoisotopic (exact) mass is 560 g/mol. The van der Waals surface area contributed by atoms with Crippen molar-refractivity contribution in [1.82, 2.24) is 25.5 Å². The molecule has 2 amide bonds. The lowest BCUT2D eigenvalue weighted by atomic mass is 9.91. The zero-order valence-corrected chi connectivity index (χ0v) is 23.1. The van der Waals surface area contributed by atoms with Gasteiger partial charge in [0.2, 0.25) is 5.16 Å². The normalized spacial score (nSPS) is 20.7. The van der Waals surface area contributed by atoms with Crippen LogP contribution in [0.2, 0.25) is 0 Å². The van der Waals surface area contributed by atoms with Crippen molar-refractivity contribution < 1.29 is 19.4 Å². The molecule has 0 radical (unpaired) electrons. The number of carbonyl (C=O) groups is 1. The summed E-state index contributed by atoms with van der Waals surface area (Å²) in [6, 6.07) is 24.8. The maximum atomic E-state index is 11.9. The van der Waals surface area contributed by atoms with E-state index in [9.17, 15) is 9.90 Å². The zero-order chi connectivity index (χ0) is 27.9. The minimum absolute atomic E-state index is 0.0147. The van der Waals surface area contributed by atoms with Gasteiger partial charge in [0.25, 0.3) is 0 Å². The van der Waals surface area contributed by atoms with E-state index in [0.717, 1.165) is 22.4 Å². The fourth-order valence-electron chi connectivity index (χ4n) is 4.53. The number of aliphatic hydroxyl groups is 1. The van der Waals surface area contributed by atoms with E-state index >= 15 is 0 Å². The number of nitrogens with one attached hydrogen (secondary N) is 2. The van der Waals surface area contributed by atoms with Gasteiger partial charge < -0.3 is 25.2 Å². The fourth-order valence-corrected chi connectivity index (χ4v) is 5.58. The van der Waals surface area contributed by atoms with Gasteiger partial charge >= 0.3 is 6.03 Å². The smallest absolute Gasteiger partial charge is 0.319 e. The molecule has 3 aromatic carbocycles. The molecule has 1 aromatic heterocycles. The van der Waals surface area contributed by atoms with Gasteiger partial charge in [0.1, 0.15) is 0 Å². The maximum absolute atomic E-state index is 11.9. The Morgan fingerprint density at radius 2 is 1.73 bits per heavy atom. The Labute approximate surface area is 237 Å². The van der Waals surface area contributed by atoms with E-state index in [4.69, 9.17) is 9.47 Å². The van der Waals surface area contributed by atoms with Crippen LogP contribution in [0.5, 0.6) is 0 Å². The number of hydrogen-bond donors (Lipinski definition) is 3. The molecule has 1 saturated heterocycles. The molecule has 4 aromatic rings. The van der Waals surface area contributed by atoms with Crippen LogP contribution in [0.25, 0.3) is 5.69 Å². The summed E-state index contributed by atoms with van der Waals surface area (Å²) in [7, 11) is 0. The molecule has 1 aliphatic rings. The van der Waals surface area contributed by atoms with Crippen molar-refractivity contribution in [1.29, 1.82) is 0 Å². The van der Waals surface area contributed by atoms with E-state index in [1.54, 1.807) is 4.68 Å². The first-order valence-corrected chi connectivity index (χ1v) is 14.2. The maximum Gasteiger partial charge on any atom is 0.319 e. The fraction of sp³-hybridized carbons (Fsp3) is 0.310. The number of rotatable bonds is 9. The van der Waals surface area contributed by atoms with Gasteiger partial charge in [-0.3, -0.25) is 0 Å². The number of thioether (sulfide) groups is 1. The topological polar surface area (TPSA) is 123 Å². The molecule has 0 saturated carbocycles. The average molecular weight is 561 g/mol. The molecular formula is C29H32N6O4S. The standard InChI is InChI=1S/C29H32N6O4S/c1-3-30-28(37)31-23-15-13-22(14-16-23)27-38-25(19(2)26(39-27)21-11-9-20(17-36)10-12-21)18-40-29-32-33-34-35(29)24-7-5-4-6-8-24/h4-16,19,25-27,36H,3,17-18H2,1-2H3,(H2,30,31,37). The molecule has 3 N–H and O–H groups in total. The molecular weight excluding hydrogens is 528 g/mol. The van der Waals surface area contributed by atoms with Gasteiger partial charge in [-0.25, -0.2) is 4.79 Å². The summed E-state index contributed by atoms with van der Waals surface area (Å²) >= 11 is 1.53. The van der Waals surface area contributed by atoms with E-state index in [1.165, 1.54) is 11.8 Å². The molecule has 4 unspecified atom stereocenters. The summed E-state index contributed by atoms with van der Waals surface area (Å²) < 4.78 is 14.8. The van der Waals surface area contributed by atoms with Crippen LogP contribution in [0.4, 0.5) is 10.5 Å². The van der Waals surface area contributed by atoms with Gasteiger partial charge in [0.05, 0.1) is 24.5 Å². The van der Waals surface area contributed by atoms with Crippen molar-refractivity contribution in [2.45, 2.75) is 44.1 Å². The van der Waals surface area contributed by atoms with E-state index in [0.29, 0.717) is 23.1 Å². The first-order chi connectivity index (χ1) is 19.6. The Hall–Kier alpha value is -3.77. The van der Waals surface area contributed by atoms with Gasteiger partial charge in [-0.2, -0.15) is 4.68 Å². The molecule has 208 valence electrons. The van der Waals surface area contributed by atoms with Crippen LogP contribution in [-0.2, 0) is 16.1 Å². The van der Waals surface area contributed by atoms with Crippen LogP contribution in [0, 0.1) is 5.92 Å². The highest BCUT2D eigenvalue weighted by Gasteiger charge is 2.38. The number of aliphatic hydroxyl groups excluding tert-OH is 1. The number of amides is 2. The van der Waals surface area contributed by atoms with Crippen molar-refractivity contribution in [3.8, 4) is 5.69 Å². The molecule has 1 fully saturated rings. The molecule has 0 bridgehead atoms. The number of nitrogens with zero attached hydrogens (tertiary/aromatic N) is 4. The summed E-state index contributed by atoms with van der Waals surface area (Å²) in [6.45, 7) is 4.51. The number of tetrazole rings is 1. The number of hydrogen-bond acceptors (Lipinski definition) is 8. The van der Waals surface area contributed by atoms with Gasteiger partial charge in [-0.15, -0.1) is 5.10 Å². The van der Waals surface area contributed by atoms with Crippen LogP contribution < -0.4 is 10.6 Å². The molecule has 0 spiro atoms. The molecule has 0 aliphatic carbocycles. The predicted molar refractivity (Wildman–Crippen MR) is 152 cm³/mol. The summed E-state index contributed by atoms with van der Waals surface area (Å²) in [5, 5.41) is 28.0. The summed E-state index contributed by atoms with van der Waals surface area (Å²) in [5.74, 6) is 0.625. The van der Waals surface area contributed by atoms with Crippen LogP contribution in [0.3, 0.4) is 0 Å². The first-order valence-electron chi connectivity index (χ1n) is 13.2. The Balaban J connectivity index is 1.36. The largest absolute Gasteiger partial charge is 0.392 e.